The highest BCUT2D eigenvalue weighted by Gasteiger charge is 2.15. The van der Waals surface area contributed by atoms with Crippen LogP contribution in [-0.4, -0.2) is 29.5 Å². The first-order chi connectivity index (χ1) is 8.70. The highest BCUT2D eigenvalue weighted by molar-refractivity contribution is 7.71. The molecule has 7 nitrogen and oxygen atoms in total. The van der Waals surface area contributed by atoms with Crippen LogP contribution in [0.25, 0.3) is 11.2 Å². The summed E-state index contributed by atoms with van der Waals surface area (Å²) in [6.07, 6.45) is 2.17. The summed E-state index contributed by atoms with van der Waals surface area (Å²) in [7, 11) is 1.90. The van der Waals surface area contributed by atoms with Gasteiger partial charge in [-0.3, -0.25) is 9.25 Å². The summed E-state index contributed by atoms with van der Waals surface area (Å²) >= 11 is 5.33. The summed E-state index contributed by atoms with van der Waals surface area (Å²) in [6.45, 7) is 2.53. The second-order valence-corrected chi connectivity index (χ2v) is 4.37. The van der Waals surface area contributed by atoms with E-state index >= 15 is 0 Å². The smallest absolute Gasteiger partial charge is 0.213 e. The number of rotatable bonds is 3. The average molecular weight is 264 g/mol. The minimum atomic E-state index is 0.470. The van der Waals surface area contributed by atoms with Gasteiger partial charge >= 0.3 is 0 Å². The summed E-state index contributed by atoms with van der Waals surface area (Å²) in [5.41, 5.74) is 2.93. The van der Waals surface area contributed by atoms with Gasteiger partial charge in [0.1, 0.15) is 5.52 Å². The first-order valence-electron chi connectivity index (χ1n) is 5.60. The fourth-order valence-corrected chi connectivity index (χ4v) is 2.33. The minimum absolute atomic E-state index is 0.470. The molecule has 0 bridgehead atoms. The van der Waals surface area contributed by atoms with Gasteiger partial charge in [0, 0.05) is 7.05 Å². The molecule has 0 aromatic carbocycles. The van der Waals surface area contributed by atoms with E-state index in [0.717, 1.165) is 23.3 Å². The number of H-pyrrole nitrogens is 1. The van der Waals surface area contributed by atoms with Crippen molar-refractivity contribution in [2.45, 2.75) is 19.9 Å². The molecule has 0 aliphatic rings. The molecule has 3 aromatic rings. The van der Waals surface area contributed by atoms with Crippen molar-refractivity contribution in [1.29, 1.82) is 0 Å². The van der Waals surface area contributed by atoms with Crippen molar-refractivity contribution in [2.24, 2.45) is 7.05 Å². The molecule has 0 radical (unpaired) electrons. The number of fused-ring (bicyclic) bond motifs is 1. The number of aromatic amines is 1. The lowest BCUT2D eigenvalue weighted by Crippen LogP contribution is -2.05. The topological polar surface area (TPSA) is 77.5 Å². The largest absolute Gasteiger partial charge is 0.343 e. The molecule has 3 rings (SSSR count). The standard InChI is InChI=1S/C10H12N6OS/c1-3-6-8-9(15(2)13-6)16(10(18)12-8)4-7-11-5-17-14-7/h5H,3-4H2,1-2H3,(H,12,18). The van der Waals surface area contributed by atoms with Crippen molar-refractivity contribution in [3.63, 3.8) is 0 Å². The number of aryl methyl sites for hydroxylation is 2. The number of aromatic nitrogens is 6. The van der Waals surface area contributed by atoms with Crippen LogP contribution in [0.4, 0.5) is 0 Å². The van der Waals surface area contributed by atoms with Crippen molar-refractivity contribution in [3.8, 4) is 0 Å². The van der Waals surface area contributed by atoms with Crippen LogP contribution in [0.3, 0.4) is 0 Å². The predicted molar refractivity (Wildman–Crippen MR) is 66.7 cm³/mol. The Bertz CT molecular complexity index is 734. The molecule has 0 saturated heterocycles. The van der Waals surface area contributed by atoms with E-state index in [9.17, 15) is 0 Å². The number of nitrogens with zero attached hydrogens (tertiary/aromatic N) is 5. The molecule has 0 aliphatic heterocycles. The third-order valence-corrected chi connectivity index (χ3v) is 3.19. The van der Waals surface area contributed by atoms with E-state index in [-0.39, 0.29) is 0 Å². The fourth-order valence-electron chi connectivity index (χ4n) is 2.08. The van der Waals surface area contributed by atoms with Crippen LogP contribution in [0.15, 0.2) is 10.9 Å². The number of hydrogen-bond acceptors (Lipinski definition) is 5. The molecule has 0 unspecified atom stereocenters. The van der Waals surface area contributed by atoms with Crippen LogP contribution in [0, 0.1) is 4.77 Å². The third-order valence-electron chi connectivity index (χ3n) is 2.86. The van der Waals surface area contributed by atoms with E-state index in [1.165, 1.54) is 6.39 Å². The number of nitrogens with one attached hydrogen (secondary N) is 1. The molecule has 94 valence electrons. The van der Waals surface area contributed by atoms with E-state index < -0.39 is 0 Å². The van der Waals surface area contributed by atoms with Crippen LogP contribution in [0.1, 0.15) is 18.4 Å². The highest BCUT2D eigenvalue weighted by atomic mass is 32.1. The van der Waals surface area contributed by atoms with E-state index in [4.69, 9.17) is 16.7 Å². The Morgan fingerprint density at radius 1 is 1.50 bits per heavy atom. The van der Waals surface area contributed by atoms with Crippen molar-refractivity contribution >= 4 is 23.4 Å². The van der Waals surface area contributed by atoms with Gasteiger partial charge < -0.3 is 9.51 Å². The summed E-state index contributed by atoms with van der Waals surface area (Å²) in [5.74, 6) is 0.589. The molecule has 0 amide bonds. The van der Waals surface area contributed by atoms with Gasteiger partial charge in [-0.2, -0.15) is 10.1 Å². The lowest BCUT2D eigenvalue weighted by Gasteiger charge is -2.00. The Balaban J connectivity index is 2.19. The van der Waals surface area contributed by atoms with Gasteiger partial charge in [0.05, 0.1) is 12.2 Å². The average Bonchev–Trinajstić information content (AvgIpc) is 3.01. The van der Waals surface area contributed by atoms with E-state index in [1.807, 2.05) is 16.3 Å². The van der Waals surface area contributed by atoms with Crippen LogP contribution < -0.4 is 0 Å². The third kappa shape index (κ3) is 1.57. The molecule has 0 spiro atoms. The van der Waals surface area contributed by atoms with Crippen LogP contribution in [0.2, 0.25) is 0 Å². The molecule has 8 heteroatoms. The second-order valence-electron chi connectivity index (χ2n) is 3.99. The maximum absolute atomic E-state index is 5.33. The zero-order valence-corrected chi connectivity index (χ0v) is 10.9. The van der Waals surface area contributed by atoms with Crippen LogP contribution in [0.5, 0.6) is 0 Å². The Morgan fingerprint density at radius 2 is 2.33 bits per heavy atom. The Labute approximate surface area is 107 Å². The van der Waals surface area contributed by atoms with Gasteiger partial charge in [0.25, 0.3) is 0 Å². The summed E-state index contributed by atoms with van der Waals surface area (Å²) in [6, 6.07) is 0. The molecule has 3 aromatic heterocycles. The van der Waals surface area contributed by atoms with Crippen molar-refractivity contribution < 1.29 is 4.52 Å². The van der Waals surface area contributed by atoms with Gasteiger partial charge in [0.15, 0.2) is 16.2 Å². The van der Waals surface area contributed by atoms with Gasteiger partial charge in [-0.05, 0) is 18.6 Å². The quantitative estimate of drug-likeness (QED) is 0.724. The Kier molecular flexibility index (Phi) is 2.51. The first-order valence-corrected chi connectivity index (χ1v) is 6.01. The molecular formula is C10H12N6OS. The predicted octanol–water partition coefficient (Wildman–Crippen LogP) is 1.43. The molecule has 18 heavy (non-hydrogen) atoms. The second kappa shape index (κ2) is 4.05. The lowest BCUT2D eigenvalue weighted by molar-refractivity contribution is 0.408. The minimum Gasteiger partial charge on any atom is -0.343 e. The van der Waals surface area contributed by atoms with Gasteiger partial charge in [0.2, 0.25) is 6.39 Å². The molecule has 1 N–H and O–H groups in total. The molecular weight excluding hydrogens is 252 g/mol. The van der Waals surface area contributed by atoms with Crippen molar-refractivity contribution in [3.05, 3.63) is 22.7 Å². The molecule has 0 saturated carbocycles. The molecule has 0 aliphatic carbocycles. The summed E-state index contributed by atoms with van der Waals surface area (Å²) < 4.78 is 9.11. The van der Waals surface area contributed by atoms with E-state index in [0.29, 0.717) is 17.1 Å². The number of imidazole rings is 1. The van der Waals surface area contributed by atoms with Crippen molar-refractivity contribution in [1.82, 2.24) is 29.5 Å². The first kappa shape index (κ1) is 11.1. The highest BCUT2D eigenvalue weighted by Crippen LogP contribution is 2.18. The summed E-state index contributed by atoms with van der Waals surface area (Å²) in [4.78, 5) is 7.20. The maximum Gasteiger partial charge on any atom is 0.213 e. The Morgan fingerprint density at radius 3 is 3.00 bits per heavy atom. The maximum atomic E-state index is 5.33. The van der Waals surface area contributed by atoms with Crippen molar-refractivity contribution in [2.75, 3.05) is 0 Å². The molecule has 0 atom stereocenters. The van der Waals surface area contributed by atoms with Crippen LogP contribution >= 0.6 is 12.2 Å². The zero-order valence-electron chi connectivity index (χ0n) is 10.0. The zero-order chi connectivity index (χ0) is 12.7. The SMILES string of the molecule is CCc1nn(C)c2c1[nH]c(=S)n2Cc1ncon1. The molecule has 3 heterocycles. The normalized spacial score (nSPS) is 11.4. The fraction of sp³-hybridized carbons (Fsp3) is 0.400. The van der Waals surface area contributed by atoms with Gasteiger partial charge in [-0.1, -0.05) is 12.1 Å². The lowest BCUT2D eigenvalue weighted by atomic mass is 10.3. The van der Waals surface area contributed by atoms with Crippen LogP contribution in [-0.2, 0) is 20.0 Å². The Hall–Kier alpha value is -1.96. The number of hydrogen-bond donors (Lipinski definition) is 1. The molecule has 0 fully saturated rings. The van der Waals surface area contributed by atoms with E-state index in [1.54, 1.807) is 0 Å². The van der Waals surface area contributed by atoms with Gasteiger partial charge in [-0.15, -0.1) is 0 Å². The van der Waals surface area contributed by atoms with Gasteiger partial charge in [-0.25, -0.2) is 0 Å². The van der Waals surface area contributed by atoms with E-state index in [2.05, 4.69) is 27.1 Å². The summed E-state index contributed by atoms with van der Waals surface area (Å²) in [5, 5.41) is 8.25. The monoisotopic (exact) mass is 264 g/mol.